The van der Waals surface area contributed by atoms with Gasteiger partial charge >= 0.3 is 0 Å². The van der Waals surface area contributed by atoms with Crippen molar-refractivity contribution in [3.63, 3.8) is 0 Å². The van der Waals surface area contributed by atoms with E-state index in [1.165, 1.54) is 0 Å². The van der Waals surface area contributed by atoms with Crippen LogP contribution >= 0.6 is 0 Å². The Morgan fingerprint density at radius 3 is 2.88 bits per heavy atom. The molecule has 0 aliphatic carbocycles. The molecule has 6 heteroatoms. The lowest BCUT2D eigenvalue weighted by molar-refractivity contribution is -0.129. The number of amides is 2. The van der Waals surface area contributed by atoms with E-state index in [9.17, 15) is 9.59 Å². The van der Waals surface area contributed by atoms with Gasteiger partial charge in [-0.3, -0.25) is 9.59 Å². The van der Waals surface area contributed by atoms with Gasteiger partial charge in [-0.15, -0.1) is 0 Å². The molecule has 24 heavy (non-hydrogen) atoms. The molecule has 1 N–H and O–H groups in total. The van der Waals surface area contributed by atoms with Crippen LogP contribution in [-0.4, -0.2) is 29.5 Å². The molecule has 0 radical (unpaired) electrons. The highest BCUT2D eigenvalue weighted by molar-refractivity contribution is 5.90. The van der Waals surface area contributed by atoms with Gasteiger partial charge in [0.25, 0.3) is 0 Å². The van der Waals surface area contributed by atoms with Gasteiger partial charge in [-0.25, -0.2) is 5.43 Å². The maximum atomic E-state index is 12.2. The van der Waals surface area contributed by atoms with E-state index in [4.69, 9.17) is 4.42 Å². The number of rotatable bonds is 5. The average molecular weight is 325 g/mol. The van der Waals surface area contributed by atoms with E-state index in [1.807, 2.05) is 37.3 Å². The molecule has 1 atom stereocenters. The third-order valence-electron chi connectivity index (χ3n) is 3.98. The summed E-state index contributed by atoms with van der Waals surface area (Å²) in [5.41, 5.74) is 4.59. The maximum Gasteiger partial charge on any atom is 0.245 e. The minimum absolute atomic E-state index is 0.0472. The van der Waals surface area contributed by atoms with Crippen molar-refractivity contribution in [1.29, 1.82) is 0 Å². The molecule has 3 rings (SSSR count). The van der Waals surface area contributed by atoms with Gasteiger partial charge in [0.1, 0.15) is 5.76 Å². The predicted octanol–water partition coefficient (Wildman–Crippen LogP) is 2.09. The Labute approximate surface area is 140 Å². The highest BCUT2D eigenvalue weighted by Gasteiger charge is 2.34. The number of hydrogen-bond acceptors (Lipinski definition) is 4. The first kappa shape index (κ1) is 16.0. The molecule has 1 aromatic carbocycles. The van der Waals surface area contributed by atoms with Gasteiger partial charge in [-0.2, -0.15) is 5.10 Å². The Kier molecular flexibility index (Phi) is 4.74. The summed E-state index contributed by atoms with van der Waals surface area (Å²) in [4.78, 5) is 25.8. The molecule has 0 saturated carbocycles. The van der Waals surface area contributed by atoms with E-state index in [0.717, 1.165) is 11.1 Å². The van der Waals surface area contributed by atoms with Crippen LogP contribution in [-0.2, 0) is 16.1 Å². The Morgan fingerprint density at radius 1 is 1.38 bits per heavy atom. The third kappa shape index (κ3) is 3.90. The van der Waals surface area contributed by atoms with E-state index in [2.05, 4.69) is 10.5 Å². The standard InChI is InChI=1S/C18H19N3O3/c1-13-4-6-14(7-5-13)10-19-20-18(23)15-9-17(22)21(11-15)12-16-3-2-8-24-16/h2-8,10,15H,9,11-12H2,1H3,(H,20,23)/b19-10+. The van der Waals surface area contributed by atoms with Crippen LogP contribution in [0.2, 0.25) is 0 Å². The molecule has 1 aliphatic heterocycles. The van der Waals surface area contributed by atoms with Gasteiger partial charge in [0, 0.05) is 13.0 Å². The van der Waals surface area contributed by atoms with Crippen molar-refractivity contribution >= 4 is 18.0 Å². The van der Waals surface area contributed by atoms with E-state index in [0.29, 0.717) is 18.8 Å². The zero-order valence-electron chi connectivity index (χ0n) is 13.4. The van der Waals surface area contributed by atoms with Gasteiger partial charge in [0.05, 0.1) is 24.9 Å². The molecule has 1 aliphatic rings. The first-order valence-corrected chi connectivity index (χ1v) is 7.81. The Morgan fingerprint density at radius 2 is 2.17 bits per heavy atom. The highest BCUT2D eigenvalue weighted by atomic mass is 16.3. The van der Waals surface area contributed by atoms with Crippen LogP contribution in [0.4, 0.5) is 0 Å². The lowest BCUT2D eigenvalue weighted by Gasteiger charge is -2.14. The van der Waals surface area contributed by atoms with Gasteiger partial charge in [-0.05, 0) is 24.6 Å². The number of nitrogens with zero attached hydrogens (tertiary/aromatic N) is 2. The zero-order chi connectivity index (χ0) is 16.9. The minimum Gasteiger partial charge on any atom is -0.467 e. The number of carbonyl (C=O) groups excluding carboxylic acids is 2. The van der Waals surface area contributed by atoms with Crippen LogP contribution in [0.3, 0.4) is 0 Å². The Bertz CT molecular complexity index is 735. The molecule has 0 spiro atoms. The number of carbonyl (C=O) groups is 2. The van der Waals surface area contributed by atoms with E-state index in [-0.39, 0.29) is 24.2 Å². The molecule has 1 aromatic heterocycles. The zero-order valence-corrected chi connectivity index (χ0v) is 13.4. The van der Waals surface area contributed by atoms with Crippen molar-refractivity contribution in [3.05, 3.63) is 59.5 Å². The molecular formula is C18H19N3O3. The molecule has 0 bridgehead atoms. The monoisotopic (exact) mass is 325 g/mol. The number of hydrazone groups is 1. The highest BCUT2D eigenvalue weighted by Crippen LogP contribution is 2.20. The summed E-state index contributed by atoms with van der Waals surface area (Å²) < 4.78 is 5.24. The van der Waals surface area contributed by atoms with E-state index in [1.54, 1.807) is 23.4 Å². The largest absolute Gasteiger partial charge is 0.467 e. The summed E-state index contributed by atoms with van der Waals surface area (Å²) in [5.74, 6) is 0.0344. The summed E-state index contributed by atoms with van der Waals surface area (Å²) in [6, 6.07) is 11.4. The summed E-state index contributed by atoms with van der Waals surface area (Å²) in [6.45, 7) is 2.78. The summed E-state index contributed by atoms with van der Waals surface area (Å²) in [7, 11) is 0. The van der Waals surface area contributed by atoms with Crippen LogP contribution < -0.4 is 5.43 Å². The third-order valence-corrected chi connectivity index (χ3v) is 3.98. The first-order chi connectivity index (χ1) is 11.6. The fourth-order valence-electron chi connectivity index (χ4n) is 2.61. The average Bonchev–Trinajstić information content (AvgIpc) is 3.20. The molecular weight excluding hydrogens is 306 g/mol. The van der Waals surface area contributed by atoms with Crippen molar-refractivity contribution in [2.75, 3.05) is 6.54 Å². The summed E-state index contributed by atoms with van der Waals surface area (Å²) >= 11 is 0. The molecule has 1 saturated heterocycles. The van der Waals surface area contributed by atoms with Crippen molar-refractivity contribution in [2.45, 2.75) is 19.9 Å². The quantitative estimate of drug-likeness (QED) is 0.675. The van der Waals surface area contributed by atoms with Gasteiger partial charge in [-0.1, -0.05) is 29.8 Å². The number of nitrogens with one attached hydrogen (secondary N) is 1. The van der Waals surface area contributed by atoms with Crippen LogP contribution in [0, 0.1) is 12.8 Å². The molecule has 1 fully saturated rings. The van der Waals surface area contributed by atoms with E-state index >= 15 is 0 Å². The number of furan rings is 1. The molecule has 1 unspecified atom stereocenters. The second-order valence-corrected chi connectivity index (χ2v) is 5.90. The van der Waals surface area contributed by atoms with Crippen molar-refractivity contribution in [1.82, 2.24) is 10.3 Å². The second kappa shape index (κ2) is 7.12. The Balaban J connectivity index is 1.52. The van der Waals surface area contributed by atoms with Crippen molar-refractivity contribution in [2.24, 2.45) is 11.0 Å². The lowest BCUT2D eigenvalue weighted by Crippen LogP contribution is -2.30. The number of likely N-dealkylation sites (tertiary alicyclic amines) is 1. The van der Waals surface area contributed by atoms with Gasteiger partial charge < -0.3 is 9.32 Å². The minimum atomic E-state index is -0.386. The number of hydrogen-bond donors (Lipinski definition) is 1. The molecule has 2 aromatic rings. The fraction of sp³-hybridized carbons (Fsp3) is 0.278. The summed E-state index contributed by atoms with van der Waals surface area (Å²) in [5, 5.41) is 3.97. The first-order valence-electron chi connectivity index (χ1n) is 7.81. The Hall–Kier alpha value is -2.89. The lowest BCUT2D eigenvalue weighted by atomic mass is 10.1. The predicted molar refractivity (Wildman–Crippen MR) is 89.1 cm³/mol. The van der Waals surface area contributed by atoms with Crippen LogP contribution in [0.1, 0.15) is 23.3 Å². The molecule has 6 nitrogen and oxygen atoms in total. The molecule has 2 heterocycles. The fourth-order valence-corrected chi connectivity index (χ4v) is 2.61. The van der Waals surface area contributed by atoms with Crippen LogP contribution in [0.5, 0.6) is 0 Å². The smallest absolute Gasteiger partial charge is 0.245 e. The second-order valence-electron chi connectivity index (χ2n) is 5.90. The number of aryl methyl sites for hydroxylation is 1. The normalized spacial score (nSPS) is 17.6. The van der Waals surface area contributed by atoms with Crippen LogP contribution in [0.25, 0.3) is 0 Å². The number of benzene rings is 1. The SMILES string of the molecule is Cc1ccc(/C=N/NC(=O)C2CC(=O)N(Cc3ccco3)C2)cc1. The van der Waals surface area contributed by atoms with Gasteiger partial charge in [0.15, 0.2) is 0 Å². The van der Waals surface area contributed by atoms with Crippen LogP contribution in [0.15, 0.2) is 52.2 Å². The van der Waals surface area contributed by atoms with Crippen molar-refractivity contribution in [3.8, 4) is 0 Å². The molecule has 124 valence electrons. The summed E-state index contributed by atoms with van der Waals surface area (Å²) in [6.07, 6.45) is 3.36. The molecule has 2 amide bonds. The van der Waals surface area contributed by atoms with E-state index < -0.39 is 0 Å². The topological polar surface area (TPSA) is 74.9 Å². The maximum absolute atomic E-state index is 12.2. The van der Waals surface area contributed by atoms with Gasteiger partial charge in [0.2, 0.25) is 11.8 Å². The van der Waals surface area contributed by atoms with Crippen molar-refractivity contribution < 1.29 is 14.0 Å².